The molecule has 1 aliphatic heterocycles. The number of nitrogens with zero attached hydrogens (tertiary/aromatic N) is 1. The van der Waals surface area contributed by atoms with E-state index in [0.29, 0.717) is 6.54 Å². The average molecular weight is 192 g/mol. The molecular weight excluding hydrogens is 176 g/mol. The Hall–Kier alpha value is -1.22. The van der Waals surface area contributed by atoms with Gasteiger partial charge in [-0.05, 0) is 31.0 Å². The van der Waals surface area contributed by atoms with Crippen molar-refractivity contribution in [1.82, 2.24) is 0 Å². The van der Waals surface area contributed by atoms with Crippen LogP contribution < -0.4 is 10.6 Å². The highest BCUT2D eigenvalue weighted by Crippen LogP contribution is 2.27. The highest BCUT2D eigenvalue weighted by Gasteiger charge is 2.21. The first kappa shape index (κ1) is 9.34. The monoisotopic (exact) mass is 192 g/mol. The molecule has 0 bridgehead atoms. The van der Waals surface area contributed by atoms with Crippen LogP contribution in [0, 0.1) is 6.92 Å². The first-order valence-electron chi connectivity index (χ1n) is 4.96. The number of nitrogen functional groups attached to an aromatic ring is 1. The molecule has 3 heteroatoms. The summed E-state index contributed by atoms with van der Waals surface area (Å²) in [6.45, 7) is 3.65. The summed E-state index contributed by atoms with van der Waals surface area (Å²) in [5.41, 5.74) is 8.95. The second-order valence-corrected chi connectivity index (χ2v) is 3.95. The van der Waals surface area contributed by atoms with Crippen LogP contribution in [0.5, 0.6) is 0 Å². The second kappa shape index (κ2) is 3.50. The number of hydrogen-bond acceptors (Lipinski definition) is 3. The van der Waals surface area contributed by atoms with E-state index in [2.05, 4.69) is 17.9 Å². The minimum atomic E-state index is -0.199. The minimum absolute atomic E-state index is 0.199. The first-order valence-corrected chi connectivity index (χ1v) is 4.96. The van der Waals surface area contributed by atoms with Gasteiger partial charge in [0, 0.05) is 13.1 Å². The summed E-state index contributed by atoms with van der Waals surface area (Å²) in [5.74, 6) is 0. The molecule has 0 spiro atoms. The average Bonchev–Trinajstić information content (AvgIpc) is 2.56. The van der Waals surface area contributed by atoms with Gasteiger partial charge in [0.1, 0.15) is 0 Å². The second-order valence-electron chi connectivity index (χ2n) is 3.95. The number of benzene rings is 1. The lowest BCUT2D eigenvalue weighted by Crippen LogP contribution is -2.22. The van der Waals surface area contributed by atoms with E-state index in [0.717, 1.165) is 24.3 Å². The van der Waals surface area contributed by atoms with Gasteiger partial charge in [-0.1, -0.05) is 6.07 Å². The Morgan fingerprint density at radius 1 is 1.50 bits per heavy atom. The van der Waals surface area contributed by atoms with Gasteiger partial charge in [0.15, 0.2) is 0 Å². The zero-order valence-corrected chi connectivity index (χ0v) is 8.40. The van der Waals surface area contributed by atoms with E-state index in [1.54, 1.807) is 0 Å². The normalized spacial score (nSPS) is 21.6. The lowest BCUT2D eigenvalue weighted by atomic mass is 10.2. The highest BCUT2D eigenvalue weighted by molar-refractivity contribution is 5.68. The number of aliphatic hydroxyl groups is 1. The smallest absolute Gasteiger partial charge is 0.0731 e. The molecule has 1 atom stereocenters. The van der Waals surface area contributed by atoms with Crippen LogP contribution >= 0.6 is 0 Å². The Kier molecular flexibility index (Phi) is 2.33. The Bertz CT molecular complexity index is 338. The molecule has 1 saturated heterocycles. The van der Waals surface area contributed by atoms with E-state index in [1.165, 1.54) is 5.56 Å². The van der Waals surface area contributed by atoms with Gasteiger partial charge in [0.25, 0.3) is 0 Å². The van der Waals surface area contributed by atoms with Crippen molar-refractivity contribution in [3.05, 3.63) is 23.8 Å². The van der Waals surface area contributed by atoms with Crippen LogP contribution in [0.4, 0.5) is 11.4 Å². The molecule has 1 heterocycles. The standard InChI is InChI=1S/C11H16N2O/c1-8-2-3-10(12)11(6-8)13-5-4-9(14)7-13/h2-3,6,9,14H,4-5,7,12H2,1H3. The van der Waals surface area contributed by atoms with Crippen LogP contribution in [0.3, 0.4) is 0 Å². The maximum Gasteiger partial charge on any atom is 0.0731 e. The maximum atomic E-state index is 9.44. The summed E-state index contributed by atoms with van der Waals surface area (Å²) in [5, 5.41) is 9.44. The number of aliphatic hydroxyl groups excluding tert-OH is 1. The fourth-order valence-electron chi connectivity index (χ4n) is 1.89. The Morgan fingerprint density at radius 3 is 2.93 bits per heavy atom. The zero-order chi connectivity index (χ0) is 10.1. The van der Waals surface area contributed by atoms with Crippen molar-refractivity contribution in [2.24, 2.45) is 0 Å². The molecule has 0 amide bonds. The summed E-state index contributed by atoms with van der Waals surface area (Å²) >= 11 is 0. The van der Waals surface area contributed by atoms with Gasteiger partial charge in [0.2, 0.25) is 0 Å². The fraction of sp³-hybridized carbons (Fsp3) is 0.455. The lowest BCUT2D eigenvalue weighted by molar-refractivity contribution is 0.198. The topological polar surface area (TPSA) is 49.5 Å². The number of nitrogens with two attached hydrogens (primary N) is 1. The van der Waals surface area contributed by atoms with Crippen LogP contribution in [0.2, 0.25) is 0 Å². The molecule has 1 unspecified atom stereocenters. The van der Waals surface area contributed by atoms with Gasteiger partial charge >= 0.3 is 0 Å². The molecule has 76 valence electrons. The molecule has 3 N–H and O–H groups in total. The Morgan fingerprint density at radius 2 is 2.29 bits per heavy atom. The molecule has 1 aliphatic rings. The molecule has 0 aromatic heterocycles. The summed E-state index contributed by atoms with van der Waals surface area (Å²) < 4.78 is 0. The third-order valence-corrected chi connectivity index (χ3v) is 2.69. The van der Waals surface area contributed by atoms with Gasteiger partial charge in [-0.2, -0.15) is 0 Å². The molecule has 0 saturated carbocycles. The first-order chi connectivity index (χ1) is 6.66. The molecule has 1 aromatic rings. The van der Waals surface area contributed by atoms with Crippen LogP contribution in [-0.4, -0.2) is 24.3 Å². The number of anilines is 2. The number of β-amino-alcohol motifs (C(OH)–C–C–N with tert-alkyl or cyclic N) is 1. The van der Waals surface area contributed by atoms with Crippen LogP contribution in [0.25, 0.3) is 0 Å². The third kappa shape index (κ3) is 1.68. The third-order valence-electron chi connectivity index (χ3n) is 2.69. The predicted octanol–water partition coefficient (Wildman–Crippen LogP) is 1.15. The lowest BCUT2D eigenvalue weighted by Gasteiger charge is -2.20. The van der Waals surface area contributed by atoms with E-state index < -0.39 is 0 Å². The molecular formula is C11H16N2O. The van der Waals surface area contributed by atoms with Gasteiger partial charge in [0.05, 0.1) is 17.5 Å². The largest absolute Gasteiger partial charge is 0.397 e. The molecule has 14 heavy (non-hydrogen) atoms. The van der Waals surface area contributed by atoms with E-state index in [9.17, 15) is 5.11 Å². The molecule has 0 radical (unpaired) electrons. The molecule has 2 rings (SSSR count). The van der Waals surface area contributed by atoms with Crippen molar-refractivity contribution >= 4 is 11.4 Å². The van der Waals surface area contributed by atoms with Gasteiger partial charge in [-0.25, -0.2) is 0 Å². The van der Waals surface area contributed by atoms with Gasteiger partial charge in [-0.3, -0.25) is 0 Å². The molecule has 1 aromatic carbocycles. The van der Waals surface area contributed by atoms with Crippen molar-refractivity contribution < 1.29 is 5.11 Å². The molecule has 1 fully saturated rings. The molecule has 3 nitrogen and oxygen atoms in total. The van der Waals surface area contributed by atoms with Crippen molar-refractivity contribution in [3.63, 3.8) is 0 Å². The number of aryl methyl sites for hydroxylation is 1. The van der Waals surface area contributed by atoms with Crippen LogP contribution in [-0.2, 0) is 0 Å². The van der Waals surface area contributed by atoms with Crippen molar-refractivity contribution in [2.75, 3.05) is 23.7 Å². The fourth-order valence-corrected chi connectivity index (χ4v) is 1.89. The van der Waals surface area contributed by atoms with Crippen molar-refractivity contribution in [2.45, 2.75) is 19.4 Å². The van der Waals surface area contributed by atoms with Crippen molar-refractivity contribution in [3.8, 4) is 0 Å². The summed E-state index contributed by atoms with van der Waals surface area (Å²) in [6.07, 6.45) is 0.642. The zero-order valence-electron chi connectivity index (χ0n) is 8.40. The van der Waals surface area contributed by atoms with Crippen molar-refractivity contribution in [1.29, 1.82) is 0 Å². The quantitative estimate of drug-likeness (QED) is 0.656. The van der Waals surface area contributed by atoms with E-state index in [-0.39, 0.29) is 6.10 Å². The number of rotatable bonds is 1. The van der Waals surface area contributed by atoms with E-state index >= 15 is 0 Å². The summed E-state index contributed by atoms with van der Waals surface area (Å²) in [7, 11) is 0. The number of hydrogen-bond donors (Lipinski definition) is 2. The van der Waals surface area contributed by atoms with E-state index in [4.69, 9.17) is 5.73 Å². The Balaban J connectivity index is 2.27. The SMILES string of the molecule is Cc1ccc(N)c(N2CCC(O)C2)c1. The van der Waals surface area contributed by atoms with Crippen LogP contribution in [0.15, 0.2) is 18.2 Å². The minimum Gasteiger partial charge on any atom is -0.397 e. The maximum absolute atomic E-state index is 9.44. The Labute approximate surface area is 84.1 Å². The van der Waals surface area contributed by atoms with Gasteiger partial charge < -0.3 is 15.7 Å². The summed E-state index contributed by atoms with van der Waals surface area (Å²) in [4.78, 5) is 2.15. The van der Waals surface area contributed by atoms with E-state index in [1.807, 2.05) is 12.1 Å². The predicted molar refractivity (Wildman–Crippen MR) is 58.4 cm³/mol. The summed E-state index contributed by atoms with van der Waals surface area (Å²) in [6, 6.07) is 6.01. The van der Waals surface area contributed by atoms with Gasteiger partial charge in [-0.15, -0.1) is 0 Å². The highest BCUT2D eigenvalue weighted by atomic mass is 16.3. The van der Waals surface area contributed by atoms with Crippen LogP contribution in [0.1, 0.15) is 12.0 Å². The molecule has 0 aliphatic carbocycles.